The molecule has 0 bridgehead atoms. The lowest BCUT2D eigenvalue weighted by molar-refractivity contribution is -0.132. The van der Waals surface area contributed by atoms with E-state index in [9.17, 15) is 9.59 Å². The number of hydrogen-bond acceptors (Lipinski definition) is 3. The zero-order valence-electron chi connectivity index (χ0n) is 17.8. The highest BCUT2D eigenvalue weighted by atomic mass is 35.5. The number of carbonyl (C=O) groups excluding carboxylic acids is 2. The van der Waals surface area contributed by atoms with Crippen LogP contribution in [-0.4, -0.2) is 54.4 Å². The third-order valence-corrected chi connectivity index (χ3v) is 6.35. The van der Waals surface area contributed by atoms with Crippen LogP contribution in [0, 0.1) is 5.92 Å². The van der Waals surface area contributed by atoms with Gasteiger partial charge in [-0.2, -0.15) is 0 Å². The summed E-state index contributed by atoms with van der Waals surface area (Å²) in [5.74, 6) is 1.24. The molecule has 1 atom stereocenters. The van der Waals surface area contributed by atoms with Crippen LogP contribution in [0.3, 0.4) is 0 Å². The predicted molar refractivity (Wildman–Crippen MR) is 122 cm³/mol. The van der Waals surface area contributed by atoms with Crippen LogP contribution < -0.4 is 4.74 Å². The second-order valence-electron chi connectivity index (χ2n) is 8.49. The van der Waals surface area contributed by atoms with Crippen LogP contribution >= 0.6 is 11.6 Å². The minimum Gasteiger partial charge on any atom is -0.493 e. The van der Waals surface area contributed by atoms with Crippen LogP contribution in [-0.2, 0) is 11.2 Å². The lowest BCUT2D eigenvalue weighted by Crippen LogP contribution is -2.42. The molecule has 0 aromatic heterocycles. The van der Waals surface area contributed by atoms with Gasteiger partial charge < -0.3 is 14.5 Å². The van der Waals surface area contributed by atoms with Gasteiger partial charge in [-0.05, 0) is 61.6 Å². The molecule has 2 fully saturated rings. The van der Waals surface area contributed by atoms with E-state index in [4.69, 9.17) is 16.3 Å². The van der Waals surface area contributed by atoms with E-state index in [-0.39, 0.29) is 11.8 Å². The summed E-state index contributed by atoms with van der Waals surface area (Å²) in [4.78, 5) is 29.2. The fourth-order valence-corrected chi connectivity index (χ4v) is 4.48. The molecular formula is C25H29ClN2O3. The molecule has 2 heterocycles. The molecule has 2 aliphatic heterocycles. The number of amides is 2. The maximum absolute atomic E-state index is 12.7. The SMILES string of the molecule is O=C(Cc1ccc(Cl)cc1)N1CCC[C@H](COc2cccc(C(=O)N3CCCC3)c2)C1. The van der Waals surface area contributed by atoms with Gasteiger partial charge in [0.2, 0.25) is 5.91 Å². The van der Waals surface area contributed by atoms with Gasteiger partial charge in [0.1, 0.15) is 5.75 Å². The van der Waals surface area contributed by atoms with Gasteiger partial charge in [-0.1, -0.05) is 29.8 Å². The van der Waals surface area contributed by atoms with Crippen LogP contribution in [0.5, 0.6) is 5.75 Å². The van der Waals surface area contributed by atoms with E-state index in [0.29, 0.717) is 36.1 Å². The smallest absolute Gasteiger partial charge is 0.253 e. The molecule has 0 unspecified atom stereocenters. The normalized spacial score (nSPS) is 18.8. The van der Waals surface area contributed by atoms with Gasteiger partial charge in [-0.3, -0.25) is 9.59 Å². The van der Waals surface area contributed by atoms with Crippen molar-refractivity contribution in [2.45, 2.75) is 32.1 Å². The number of likely N-dealkylation sites (tertiary alicyclic amines) is 2. The van der Waals surface area contributed by atoms with Gasteiger partial charge in [0.05, 0.1) is 13.0 Å². The maximum Gasteiger partial charge on any atom is 0.253 e. The number of halogens is 1. The van der Waals surface area contributed by atoms with Gasteiger partial charge >= 0.3 is 0 Å². The van der Waals surface area contributed by atoms with Gasteiger partial charge in [0.25, 0.3) is 5.91 Å². The van der Waals surface area contributed by atoms with E-state index in [2.05, 4.69) is 0 Å². The van der Waals surface area contributed by atoms with E-state index in [1.807, 2.05) is 58.3 Å². The first-order valence-corrected chi connectivity index (χ1v) is 11.5. The van der Waals surface area contributed by atoms with Crippen LogP contribution in [0.25, 0.3) is 0 Å². The molecule has 0 radical (unpaired) electrons. The fraction of sp³-hybridized carbons (Fsp3) is 0.440. The first-order valence-electron chi connectivity index (χ1n) is 11.1. The Balaban J connectivity index is 1.29. The molecule has 164 valence electrons. The van der Waals surface area contributed by atoms with Crippen molar-refractivity contribution in [1.82, 2.24) is 9.80 Å². The lowest BCUT2D eigenvalue weighted by atomic mass is 9.98. The van der Waals surface area contributed by atoms with E-state index in [0.717, 1.165) is 56.6 Å². The van der Waals surface area contributed by atoms with Gasteiger partial charge in [-0.25, -0.2) is 0 Å². The Kier molecular flexibility index (Phi) is 7.13. The zero-order chi connectivity index (χ0) is 21.6. The van der Waals surface area contributed by atoms with Crippen LogP contribution in [0.2, 0.25) is 5.02 Å². The van der Waals surface area contributed by atoms with Crippen molar-refractivity contribution in [3.05, 3.63) is 64.7 Å². The van der Waals surface area contributed by atoms with Crippen molar-refractivity contribution < 1.29 is 14.3 Å². The molecule has 0 N–H and O–H groups in total. The van der Waals surface area contributed by atoms with Gasteiger partial charge in [0.15, 0.2) is 0 Å². The lowest BCUT2D eigenvalue weighted by Gasteiger charge is -2.32. The molecule has 0 spiro atoms. The fourth-order valence-electron chi connectivity index (χ4n) is 4.35. The summed E-state index contributed by atoms with van der Waals surface area (Å²) in [6, 6.07) is 14.9. The molecule has 5 nitrogen and oxygen atoms in total. The summed E-state index contributed by atoms with van der Waals surface area (Å²) in [7, 11) is 0. The van der Waals surface area contributed by atoms with E-state index in [1.54, 1.807) is 0 Å². The van der Waals surface area contributed by atoms with Crippen molar-refractivity contribution in [2.75, 3.05) is 32.8 Å². The average molecular weight is 441 g/mol. The number of carbonyl (C=O) groups is 2. The molecule has 0 aliphatic carbocycles. The Labute approximate surface area is 188 Å². The van der Waals surface area contributed by atoms with Crippen LogP contribution in [0.1, 0.15) is 41.6 Å². The summed E-state index contributed by atoms with van der Waals surface area (Å²) in [6.45, 7) is 3.73. The van der Waals surface area contributed by atoms with Gasteiger partial charge in [0, 0.05) is 42.7 Å². The summed E-state index contributed by atoms with van der Waals surface area (Å²) < 4.78 is 6.04. The third-order valence-electron chi connectivity index (χ3n) is 6.10. The number of benzene rings is 2. The minimum atomic E-state index is 0.0830. The minimum absolute atomic E-state index is 0.0830. The second-order valence-corrected chi connectivity index (χ2v) is 8.93. The Morgan fingerprint density at radius 3 is 2.48 bits per heavy atom. The molecule has 31 heavy (non-hydrogen) atoms. The molecular weight excluding hydrogens is 412 g/mol. The molecule has 2 aromatic rings. The highest BCUT2D eigenvalue weighted by molar-refractivity contribution is 6.30. The summed E-state index contributed by atoms with van der Waals surface area (Å²) >= 11 is 5.93. The largest absolute Gasteiger partial charge is 0.493 e. The molecule has 2 aromatic carbocycles. The Morgan fingerprint density at radius 2 is 1.71 bits per heavy atom. The maximum atomic E-state index is 12.7. The summed E-state index contributed by atoms with van der Waals surface area (Å²) in [5, 5.41) is 0.678. The van der Waals surface area contributed by atoms with E-state index in [1.165, 1.54) is 0 Å². The number of nitrogens with zero attached hydrogens (tertiary/aromatic N) is 2. The molecule has 0 saturated carbocycles. The monoisotopic (exact) mass is 440 g/mol. The quantitative estimate of drug-likeness (QED) is 0.667. The van der Waals surface area contributed by atoms with E-state index < -0.39 is 0 Å². The standard InChI is InChI=1S/C25H29ClN2O3/c26-22-10-8-19(9-11-22)15-24(29)28-14-4-5-20(17-28)18-31-23-7-3-6-21(16-23)25(30)27-12-1-2-13-27/h3,6-11,16,20H,1-2,4-5,12-15,17-18H2/t20-/m0/s1. The van der Waals surface area contributed by atoms with Crippen molar-refractivity contribution in [3.63, 3.8) is 0 Å². The third kappa shape index (κ3) is 5.79. The predicted octanol–water partition coefficient (Wildman–Crippen LogP) is 4.44. The zero-order valence-corrected chi connectivity index (χ0v) is 18.5. The summed E-state index contributed by atoms with van der Waals surface area (Å²) in [5.41, 5.74) is 1.66. The highest BCUT2D eigenvalue weighted by Crippen LogP contribution is 2.22. The summed E-state index contributed by atoms with van der Waals surface area (Å²) in [6.07, 6.45) is 4.57. The van der Waals surface area contributed by atoms with E-state index >= 15 is 0 Å². The van der Waals surface area contributed by atoms with Crippen molar-refractivity contribution in [1.29, 1.82) is 0 Å². The van der Waals surface area contributed by atoms with Crippen molar-refractivity contribution in [3.8, 4) is 5.75 Å². The number of ether oxygens (including phenoxy) is 1. The Morgan fingerprint density at radius 1 is 0.968 bits per heavy atom. The van der Waals surface area contributed by atoms with Gasteiger partial charge in [-0.15, -0.1) is 0 Å². The number of hydrogen-bond donors (Lipinski definition) is 0. The highest BCUT2D eigenvalue weighted by Gasteiger charge is 2.24. The topological polar surface area (TPSA) is 49.9 Å². The Bertz CT molecular complexity index is 909. The van der Waals surface area contributed by atoms with Crippen molar-refractivity contribution in [2.24, 2.45) is 5.92 Å². The van der Waals surface area contributed by atoms with Crippen LogP contribution in [0.4, 0.5) is 0 Å². The molecule has 2 aliphatic rings. The number of piperidine rings is 1. The molecule has 2 amide bonds. The van der Waals surface area contributed by atoms with Crippen molar-refractivity contribution >= 4 is 23.4 Å². The number of rotatable bonds is 6. The Hall–Kier alpha value is -2.53. The first kappa shape index (κ1) is 21.7. The molecule has 6 heteroatoms. The first-order chi connectivity index (χ1) is 15.1. The average Bonchev–Trinajstić information content (AvgIpc) is 3.34. The second kappa shape index (κ2) is 10.2. The molecule has 4 rings (SSSR count). The van der Waals surface area contributed by atoms with Crippen LogP contribution in [0.15, 0.2) is 48.5 Å². The molecule has 2 saturated heterocycles.